The second-order valence-corrected chi connectivity index (χ2v) is 5.43. The lowest BCUT2D eigenvalue weighted by molar-refractivity contribution is -0.732. The Kier molecular flexibility index (Phi) is 8.98. The fourth-order valence-electron chi connectivity index (χ4n) is 2.48. The summed E-state index contributed by atoms with van der Waals surface area (Å²) >= 11 is 0. The summed E-state index contributed by atoms with van der Waals surface area (Å²) in [5.41, 5.74) is 5.34. The molecule has 0 unspecified atom stereocenters. The highest BCUT2D eigenvalue weighted by Gasteiger charge is 2.10. The molecule has 0 aliphatic heterocycles. The zero-order valence-electron chi connectivity index (χ0n) is 13.2. The Balaban J connectivity index is 0.00000200. The zero-order valence-corrected chi connectivity index (χ0v) is 16.4. The number of nitrogens with zero attached hydrogens (tertiary/aromatic N) is 2. The standard InChI is InChI=1S/C17H24N2.2BrH/c1-14-6-10-18(16(3)12-14)8-5-9-19-11-7-15(2)13-17(19)4;;/h6-7,10-13H,5,8-9H2,1-4H3;2*1H/q+2;;/p-2. The van der Waals surface area contributed by atoms with Crippen LogP contribution in [-0.2, 0) is 13.1 Å². The van der Waals surface area contributed by atoms with Crippen molar-refractivity contribution in [3.05, 3.63) is 59.2 Å². The molecule has 0 aromatic carbocycles. The van der Waals surface area contributed by atoms with Crippen molar-refractivity contribution in [3.63, 3.8) is 0 Å². The molecule has 0 amide bonds. The minimum atomic E-state index is 0. The van der Waals surface area contributed by atoms with Gasteiger partial charge >= 0.3 is 0 Å². The van der Waals surface area contributed by atoms with E-state index in [-0.39, 0.29) is 34.0 Å². The predicted molar refractivity (Wildman–Crippen MR) is 76.8 cm³/mol. The van der Waals surface area contributed by atoms with Crippen molar-refractivity contribution >= 4 is 0 Å². The van der Waals surface area contributed by atoms with E-state index in [2.05, 4.69) is 73.5 Å². The number of pyridine rings is 2. The molecule has 2 rings (SSSR count). The van der Waals surface area contributed by atoms with E-state index in [1.165, 1.54) is 22.5 Å². The van der Waals surface area contributed by atoms with Gasteiger partial charge in [-0.15, -0.1) is 0 Å². The van der Waals surface area contributed by atoms with E-state index in [1.54, 1.807) is 0 Å². The molecular weight excluding hydrogens is 392 g/mol. The lowest BCUT2D eigenvalue weighted by Gasteiger charge is -2.02. The maximum Gasteiger partial charge on any atom is 0.178 e. The van der Waals surface area contributed by atoms with Gasteiger partial charge < -0.3 is 34.0 Å². The minimum Gasteiger partial charge on any atom is -1.00 e. The fraction of sp³-hybridized carbons (Fsp3) is 0.412. The van der Waals surface area contributed by atoms with E-state index >= 15 is 0 Å². The van der Waals surface area contributed by atoms with Crippen molar-refractivity contribution < 1.29 is 43.1 Å². The summed E-state index contributed by atoms with van der Waals surface area (Å²) in [6.45, 7) is 10.8. The summed E-state index contributed by atoms with van der Waals surface area (Å²) in [6.07, 6.45) is 5.54. The fourth-order valence-corrected chi connectivity index (χ4v) is 2.48. The molecule has 0 bridgehead atoms. The molecule has 0 atom stereocenters. The van der Waals surface area contributed by atoms with Crippen LogP contribution in [0, 0.1) is 27.7 Å². The van der Waals surface area contributed by atoms with Crippen molar-refractivity contribution in [1.29, 1.82) is 0 Å². The summed E-state index contributed by atoms with van der Waals surface area (Å²) in [4.78, 5) is 0. The number of aryl methyl sites for hydroxylation is 6. The molecule has 2 heterocycles. The van der Waals surface area contributed by atoms with Crippen molar-refractivity contribution in [2.24, 2.45) is 0 Å². The third-order valence-electron chi connectivity index (χ3n) is 3.61. The summed E-state index contributed by atoms with van der Waals surface area (Å²) in [7, 11) is 0. The van der Waals surface area contributed by atoms with Crippen LogP contribution in [0.25, 0.3) is 0 Å². The molecule has 0 aliphatic rings. The van der Waals surface area contributed by atoms with E-state index < -0.39 is 0 Å². The third kappa shape index (κ3) is 5.87. The number of hydrogen-bond donors (Lipinski definition) is 0. The second-order valence-electron chi connectivity index (χ2n) is 5.43. The second kappa shape index (κ2) is 9.31. The third-order valence-corrected chi connectivity index (χ3v) is 3.61. The normalized spacial score (nSPS) is 9.71. The first-order valence-corrected chi connectivity index (χ1v) is 6.99. The van der Waals surface area contributed by atoms with Crippen LogP contribution in [0.5, 0.6) is 0 Å². The Labute approximate surface area is 149 Å². The molecule has 0 radical (unpaired) electrons. The molecule has 2 aromatic heterocycles. The number of aromatic nitrogens is 2. The topological polar surface area (TPSA) is 7.76 Å². The highest BCUT2D eigenvalue weighted by molar-refractivity contribution is 5.09. The van der Waals surface area contributed by atoms with Crippen molar-refractivity contribution in [2.45, 2.75) is 47.2 Å². The van der Waals surface area contributed by atoms with E-state index in [1.807, 2.05) is 0 Å². The number of halogens is 2. The van der Waals surface area contributed by atoms with Crippen LogP contribution in [-0.4, -0.2) is 0 Å². The minimum absolute atomic E-state index is 0. The van der Waals surface area contributed by atoms with E-state index in [9.17, 15) is 0 Å². The predicted octanol–water partition coefficient (Wildman–Crippen LogP) is -3.41. The highest BCUT2D eigenvalue weighted by Crippen LogP contribution is 1.99. The van der Waals surface area contributed by atoms with E-state index in [0.717, 1.165) is 19.5 Å². The molecule has 0 N–H and O–H groups in total. The number of rotatable bonds is 4. The molecule has 0 fully saturated rings. The van der Waals surface area contributed by atoms with Gasteiger partial charge in [0.2, 0.25) is 0 Å². The van der Waals surface area contributed by atoms with Crippen LogP contribution in [0.15, 0.2) is 36.7 Å². The van der Waals surface area contributed by atoms with E-state index in [4.69, 9.17) is 0 Å². The zero-order chi connectivity index (χ0) is 13.8. The van der Waals surface area contributed by atoms with Gasteiger partial charge in [0, 0.05) is 38.1 Å². The summed E-state index contributed by atoms with van der Waals surface area (Å²) in [5.74, 6) is 0. The Bertz CT molecular complexity index is 531. The Morgan fingerprint density at radius 3 is 1.43 bits per heavy atom. The molecule has 0 saturated carbocycles. The molecule has 2 aromatic rings. The van der Waals surface area contributed by atoms with Gasteiger partial charge in [-0.05, 0) is 25.0 Å². The lowest BCUT2D eigenvalue weighted by Crippen LogP contribution is -3.00. The molecule has 21 heavy (non-hydrogen) atoms. The first-order chi connectivity index (χ1) is 9.06. The van der Waals surface area contributed by atoms with Gasteiger partial charge in [-0.2, -0.15) is 0 Å². The first kappa shape index (κ1) is 20.3. The highest BCUT2D eigenvalue weighted by atomic mass is 79.9. The lowest BCUT2D eigenvalue weighted by atomic mass is 10.2. The van der Waals surface area contributed by atoms with E-state index in [0.29, 0.717) is 0 Å². The van der Waals surface area contributed by atoms with Gasteiger partial charge in [-0.1, -0.05) is 0 Å². The first-order valence-electron chi connectivity index (χ1n) is 6.99. The molecule has 4 heteroatoms. The van der Waals surface area contributed by atoms with Crippen LogP contribution in [0.3, 0.4) is 0 Å². The molecule has 0 spiro atoms. The Morgan fingerprint density at radius 2 is 1.10 bits per heavy atom. The maximum absolute atomic E-state index is 2.33. The van der Waals surface area contributed by atoms with Crippen LogP contribution < -0.4 is 43.1 Å². The van der Waals surface area contributed by atoms with Gasteiger partial charge in [-0.25, -0.2) is 9.13 Å². The Morgan fingerprint density at radius 1 is 0.714 bits per heavy atom. The van der Waals surface area contributed by atoms with Crippen LogP contribution in [0.1, 0.15) is 28.9 Å². The monoisotopic (exact) mass is 414 g/mol. The molecule has 116 valence electrons. The van der Waals surface area contributed by atoms with Gasteiger partial charge in [-0.3, -0.25) is 0 Å². The number of hydrogen-bond acceptors (Lipinski definition) is 0. The average molecular weight is 416 g/mol. The van der Waals surface area contributed by atoms with Gasteiger partial charge in [0.25, 0.3) is 0 Å². The van der Waals surface area contributed by atoms with Crippen molar-refractivity contribution in [1.82, 2.24) is 0 Å². The summed E-state index contributed by atoms with van der Waals surface area (Å²) in [5, 5.41) is 0. The largest absolute Gasteiger partial charge is 1.00 e. The molecule has 0 saturated heterocycles. The van der Waals surface area contributed by atoms with Gasteiger partial charge in [0.1, 0.15) is 0 Å². The quantitative estimate of drug-likeness (QED) is 0.460. The Hall–Kier alpha value is -0.740. The van der Waals surface area contributed by atoms with Gasteiger partial charge in [0.15, 0.2) is 36.9 Å². The summed E-state index contributed by atoms with van der Waals surface area (Å²) in [6, 6.07) is 8.84. The molecule has 0 aliphatic carbocycles. The van der Waals surface area contributed by atoms with Crippen molar-refractivity contribution in [3.8, 4) is 0 Å². The SMILES string of the molecule is Cc1cc[n+](CCC[n+]2ccc(C)cc2C)c(C)c1.[Br-].[Br-]. The smallest absolute Gasteiger partial charge is 0.178 e. The average Bonchev–Trinajstić information content (AvgIpc) is 2.34. The summed E-state index contributed by atoms with van der Waals surface area (Å²) < 4.78 is 4.66. The maximum atomic E-state index is 2.33. The van der Waals surface area contributed by atoms with Crippen LogP contribution in [0.4, 0.5) is 0 Å². The molecule has 2 nitrogen and oxygen atoms in total. The van der Waals surface area contributed by atoms with Crippen molar-refractivity contribution in [2.75, 3.05) is 0 Å². The van der Waals surface area contributed by atoms with Gasteiger partial charge in [0.05, 0.1) is 6.42 Å². The molecular formula is C17H24Br2N2. The van der Waals surface area contributed by atoms with Crippen LogP contribution >= 0.6 is 0 Å². The van der Waals surface area contributed by atoms with Crippen LogP contribution in [0.2, 0.25) is 0 Å².